The summed E-state index contributed by atoms with van der Waals surface area (Å²) in [5.41, 5.74) is 10.4. The summed E-state index contributed by atoms with van der Waals surface area (Å²) in [5.74, 6) is 3.95. The first-order chi connectivity index (χ1) is 8.63. The summed E-state index contributed by atoms with van der Waals surface area (Å²) < 4.78 is 0. The molecule has 1 aromatic heterocycles. The molecule has 0 fully saturated rings. The van der Waals surface area contributed by atoms with Gasteiger partial charge in [-0.1, -0.05) is 6.07 Å². The SMILES string of the molecule is NN/C(C(=O)O)=C(\N)c1ccc2c(n1)CCCC2. The van der Waals surface area contributed by atoms with Crippen molar-refractivity contribution in [2.45, 2.75) is 25.7 Å². The molecule has 0 saturated heterocycles. The third kappa shape index (κ3) is 2.28. The first-order valence-electron chi connectivity index (χ1n) is 5.82. The van der Waals surface area contributed by atoms with E-state index in [1.54, 1.807) is 6.07 Å². The van der Waals surface area contributed by atoms with Crippen LogP contribution in [-0.4, -0.2) is 16.1 Å². The fraction of sp³-hybridized carbons (Fsp3) is 0.333. The smallest absolute Gasteiger partial charge is 0.355 e. The molecule has 0 spiro atoms. The van der Waals surface area contributed by atoms with Crippen molar-refractivity contribution in [1.29, 1.82) is 0 Å². The van der Waals surface area contributed by atoms with Gasteiger partial charge in [0.05, 0.1) is 11.4 Å². The maximum absolute atomic E-state index is 10.9. The highest BCUT2D eigenvalue weighted by Crippen LogP contribution is 2.21. The van der Waals surface area contributed by atoms with Crippen LogP contribution >= 0.6 is 0 Å². The van der Waals surface area contributed by atoms with Gasteiger partial charge in [0.25, 0.3) is 0 Å². The summed E-state index contributed by atoms with van der Waals surface area (Å²) in [6, 6.07) is 3.69. The minimum atomic E-state index is -1.20. The van der Waals surface area contributed by atoms with Crippen LogP contribution in [0.3, 0.4) is 0 Å². The summed E-state index contributed by atoms with van der Waals surface area (Å²) >= 11 is 0. The number of hydrazine groups is 1. The van der Waals surface area contributed by atoms with Gasteiger partial charge < -0.3 is 16.3 Å². The number of pyridine rings is 1. The zero-order chi connectivity index (χ0) is 13.1. The van der Waals surface area contributed by atoms with E-state index in [9.17, 15) is 4.79 Å². The van der Waals surface area contributed by atoms with Gasteiger partial charge in [0.1, 0.15) is 0 Å². The number of aliphatic carboxylic acids is 1. The fourth-order valence-electron chi connectivity index (χ4n) is 2.11. The Bertz CT molecular complexity index is 511. The van der Waals surface area contributed by atoms with Crippen molar-refractivity contribution >= 4 is 11.7 Å². The van der Waals surface area contributed by atoms with Crippen LogP contribution in [0.5, 0.6) is 0 Å². The van der Waals surface area contributed by atoms with Crippen molar-refractivity contribution in [3.63, 3.8) is 0 Å². The maximum atomic E-state index is 10.9. The highest BCUT2D eigenvalue weighted by atomic mass is 16.4. The summed E-state index contributed by atoms with van der Waals surface area (Å²) in [7, 11) is 0. The lowest BCUT2D eigenvalue weighted by molar-refractivity contribution is -0.133. The van der Waals surface area contributed by atoms with Crippen LogP contribution in [0, 0.1) is 0 Å². The summed E-state index contributed by atoms with van der Waals surface area (Å²) in [5, 5.41) is 8.94. The molecular formula is C12H16N4O2. The third-order valence-electron chi connectivity index (χ3n) is 3.08. The minimum absolute atomic E-state index is 0.0540. The van der Waals surface area contributed by atoms with E-state index in [0.29, 0.717) is 5.69 Å². The number of nitrogens with one attached hydrogen (secondary N) is 1. The summed E-state index contributed by atoms with van der Waals surface area (Å²) in [4.78, 5) is 15.3. The first kappa shape index (κ1) is 12.4. The molecule has 1 heterocycles. The molecule has 96 valence electrons. The Morgan fingerprint density at radius 2 is 2.06 bits per heavy atom. The number of nitrogens with zero attached hydrogens (tertiary/aromatic N) is 1. The second-order valence-corrected chi connectivity index (χ2v) is 4.25. The predicted octanol–water partition coefficient (Wildman–Crippen LogP) is 0.136. The molecule has 0 unspecified atom stereocenters. The monoisotopic (exact) mass is 248 g/mol. The van der Waals surface area contributed by atoms with Crippen LogP contribution in [0.1, 0.15) is 29.8 Å². The van der Waals surface area contributed by atoms with E-state index in [1.165, 1.54) is 12.0 Å². The van der Waals surface area contributed by atoms with Gasteiger partial charge in [0.15, 0.2) is 5.70 Å². The summed E-state index contributed by atoms with van der Waals surface area (Å²) in [6.45, 7) is 0. The van der Waals surface area contributed by atoms with E-state index in [-0.39, 0.29) is 11.4 Å². The predicted molar refractivity (Wildman–Crippen MR) is 66.9 cm³/mol. The van der Waals surface area contributed by atoms with E-state index in [0.717, 1.165) is 25.0 Å². The average Bonchev–Trinajstić information content (AvgIpc) is 2.38. The molecular weight excluding hydrogens is 232 g/mol. The maximum Gasteiger partial charge on any atom is 0.355 e. The molecule has 2 rings (SSSR count). The fourth-order valence-corrected chi connectivity index (χ4v) is 2.11. The lowest BCUT2D eigenvalue weighted by atomic mass is 9.95. The molecule has 0 bridgehead atoms. The molecule has 18 heavy (non-hydrogen) atoms. The first-order valence-corrected chi connectivity index (χ1v) is 5.82. The van der Waals surface area contributed by atoms with E-state index >= 15 is 0 Å². The molecule has 1 aliphatic rings. The Morgan fingerprint density at radius 3 is 2.72 bits per heavy atom. The highest BCUT2D eigenvalue weighted by molar-refractivity contribution is 5.94. The van der Waals surface area contributed by atoms with Crippen molar-refractivity contribution in [3.8, 4) is 0 Å². The van der Waals surface area contributed by atoms with Crippen molar-refractivity contribution in [1.82, 2.24) is 10.4 Å². The molecule has 1 aliphatic carbocycles. The Kier molecular flexibility index (Phi) is 3.47. The number of aryl methyl sites for hydroxylation is 2. The molecule has 1 aromatic rings. The number of carboxylic acids is 1. The van der Waals surface area contributed by atoms with Crippen LogP contribution in [0.4, 0.5) is 0 Å². The van der Waals surface area contributed by atoms with Crippen LogP contribution in [0.15, 0.2) is 17.8 Å². The van der Waals surface area contributed by atoms with E-state index in [4.69, 9.17) is 16.7 Å². The van der Waals surface area contributed by atoms with E-state index < -0.39 is 5.97 Å². The van der Waals surface area contributed by atoms with Crippen LogP contribution in [-0.2, 0) is 17.6 Å². The van der Waals surface area contributed by atoms with Gasteiger partial charge in [0.2, 0.25) is 0 Å². The average molecular weight is 248 g/mol. The van der Waals surface area contributed by atoms with E-state index in [1.807, 2.05) is 6.07 Å². The zero-order valence-corrected chi connectivity index (χ0v) is 9.94. The lowest BCUT2D eigenvalue weighted by Gasteiger charge is -2.16. The second-order valence-electron chi connectivity index (χ2n) is 4.25. The number of carbonyl (C=O) groups is 1. The molecule has 0 radical (unpaired) electrons. The van der Waals surface area contributed by atoms with Crippen LogP contribution in [0.25, 0.3) is 5.70 Å². The van der Waals surface area contributed by atoms with Gasteiger partial charge in [-0.15, -0.1) is 0 Å². The lowest BCUT2D eigenvalue weighted by Crippen LogP contribution is -2.30. The number of hydrogen-bond donors (Lipinski definition) is 4. The normalized spacial score (nSPS) is 15.6. The summed E-state index contributed by atoms with van der Waals surface area (Å²) in [6.07, 6.45) is 4.21. The molecule has 0 aliphatic heterocycles. The Hall–Kier alpha value is -2.08. The van der Waals surface area contributed by atoms with Gasteiger partial charge in [-0.2, -0.15) is 0 Å². The minimum Gasteiger partial charge on any atom is -0.476 e. The van der Waals surface area contributed by atoms with Gasteiger partial charge in [0, 0.05) is 5.69 Å². The second kappa shape index (κ2) is 5.05. The van der Waals surface area contributed by atoms with Crippen molar-refractivity contribution in [2.75, 3.05) is 0 Å². The molecule has 0 aromatic carbocycles. The van der Waals surface area contributed by atoms with Gasteiger partial charge in [-0.25, -0.2) is 4.79 Å². The van der Waals surface area contributed by atoms with Crippen molar-refractivity contribution < 1.29 is 9.90 Å². The Balaban J connectivity index is 2.42. The molecule has 0 atom stereocenters. The van der Waals surface area contributed by atoms with Crippen molar-refractivity contribution in [2.24, 2.45) is 11.6 Å². The molecule has 6 heteroatoms. The largest absolute Gasteiger partial charge is 0.476 e. The van der Waals surface area contributed by atoms with E-state index in [2.05, 4.69) is 10.4 Å². The van der Waals surface area contributed by atoms with Gasteiger partial charge in [-0.3, -0.25) is 10.8 Å². The molecule has 0 amide bonds. The molecule has 0 saturated carbocycles. The topological polar surface area (TPSA) is 114 Å². The number of carboxylic acid groups (broad SMARTS) is 1. The number of hydrogen-bond acceptors (Lipinski definition) is 5. The number of nitrogens with two attached hydrogens (primary N) is 2. The van der Waals surface area contributed by atoms with Crippen molar-refractivity contribution in [3.05, 3.63) is 34.8 Å². The quantitative estimate of drug-likeness (QED) is 0.343. The standard InChI is InChI=1S/C12H16N4O2/c13-10(11(16-14)12(17)18)9-6-5-7-3-1-2-4-8(7)15-9/h5-6,16H,1-4,13-14H2,(H,17,18)/b11-10-. The Labute approximate surface area is 105 Å². The zero-order valence-electron chi connectivity index (χ0n) is 9.94. The number of aromatic nitrogens is 1. The van der Waals surface area contributed by atoms with Crippen LogP contribution < -0.4 is 17.0 Å². The molecule has 6 nitrogen and oxygen atoms in total. The van der Waals surface area contributed by atoms with Gasteiger partial charge >= 0.3 is 5.97 Å². The van der Waals surface area contributed by atoms with Gasteiger partial charge in [-0.05, 0) is 37.3 Å². The molecule has 6 N–H and O–H groups in total. The number of rotatable bonds is 3. The number of fused-ring (bicyclic) bond motifs is 1. The highest BCUT2D eigenvalue weighted by Gasteiger charge is 2.16. The van der Waals surface area contributed by atoms with Crippen LogP contribution in [0.2, 0.25) is 0 Å². The third-order valence-corrected chi connectivity index (χ3v) is 3.08. The Morgan fingerprint density at radius 1 is 1.33 bits per heavy atom.